The van der Waals surface area contributed by atoms with Crippen LogP contribution in [0.4, 0.5) is 0 Å². The van der Waals surface area contributed by atoms with Gasteiger partial charge in [0, 0.05) is 36.1 Å². The van der Waals surface area contributed by atoms with E-state index >= 15 is 0 Å². The molecule has 1 aliphatic carbocycles. The zero-order valence-electron chi connectivity index (χ0n) is 29.4. The normalized spacial score (nSPS) is 20.5. The minimum absolute atomic E-state index is 0.0794. The Kier molecular flexibility index (Phi) is 4.49. The minimum Gasteiger partial charge on any atom is -0.455 e. The third-order valence-corrected chi connectivity index (χ3v) is 8.08. The van der Waals surface area contributed by atoms with Crippen LogP contribution >= 0.6 is 0 Å². The molecule has 0 radical (unpaired) electrons. The Morgan fingerprint density at radius 3 is 2.55 bits per heavy atom. The van der Waals surface area contributed by atoms with Crippen LogP contribution in [0.25, 0.3) is 44.0 Å². The molecule has 0 aliphatic heterocycles. The number of para-hydroxylation sites is 1. The van der Waals surface area contributed by atoms with Gasteiger partial charge in [-0.15, -0.1) is 0 Å². The van der Waals surface area contributed by atoms with E-state index in [1.54, 1.807) is 26.8 Å². The highest BCUT2D eigenvalue weighted by molar-refractivity contribution is 6.18. The largest absolute Gasteiger partial charge is 0.455 e. The quantitative estimate of drug-likeness (QED) is 0.242. The first-order chi connectivity index (χ1) is 20.3. The van der Waals surface area contributed by atoms with Gasteiger partial charge in [0.25, 0.3) is 0 Å². The molecule has 5 aromatic rings. The van der Waals surface area contributed by atoms with Crippen LogP contribution < -0.4 is 0 Å². The molecule has 0 N–H and O–H groups in total. The average molecular weight is 510 g/mol. The van der Waals surface area contributed by atoms with Gasteiger partial charge in [-0.3, -0.25) is 4.98 Å². The molecular formula is C36H41NO. The molecule has 1 aliphatic rings. The van der Waals surface area contributed by atoms with E-state index in [4.69, 9.17) is 11.3 Å². The molecule has 0 amide bonds. The number of hydrogen-bond acceptors (Lipinski definition) is 2. The van der Waals surface area contributed by atoms with Gasteiger partial charge >= 0.3 is 0 Å². The number of pyridine rings is 1. The number of furan rings is 1. The summed E-state index contributed by atoms with van der Waals surface area (Å²) in [5.41, 5.74) is 4.14. The summed E-state index contributed by atoms with van der Waals surface area (Å²) in [6.45, 7) is 9.47. The van der Waals surface area contributed by atoms with Crippen molar-refractivity contribution < 1.29 is 12.6 Å². The van der Waals surface area contributed by atoms with Crippen molar-refractivity contribution in [2.24, 2.45) is 10.8 Å². The molecule has 2 heterocycles. The number of aromatic nitrogens is 1. The molecular weight excluding hydrogens is 462 g/mol. The van der Waals surface area contributed by atoms with Crippen LogP contribution in [0.3, 0.4) is 0 Å². The van der Waals surface area contributed by atoms with Crippen LogP contribution in [0.5, 0.6) is 0 Å². The predicted molar refractivity (Wildman–Crippen MR) is 162 cm³/mol. The van der Waals surface area contributed by atoms with Gasteiger partial charge in [-0.05, 0) is 102 Å². The maximum Gasteiger partial charge on any atom is 0.144 e. The van der Waals surface area contributed by atoms with Gasteiger partial charge in [-0.25, -0.2) is 0 Å². The van der Waals surface area contributed by atoms with Crippen molar-refractivity contribution in [3.8, 4) is 11.3 Å². The first-order valence-corrected chi connectivity index (χ1v) is 13.7. The van der Waals surface area contributed by atoms with E-state index < -0.39 is 24.5 Å². The third-order valence-electron chi connectivity index (χ3n) is 8.08. The third kappa shape index (κ3) is 4.53. The predicted octanol–water partition coefficient (Wildman–Crippen LogP) is 10.7. The summed E-state index contributed by atoms with van der Waals surface area (Å²) in [5, 5.41) is 3.96. The van der Waals surface area contributed by atoms with Crippen molar-refractivity contribution >= 4 is 32.7 Å². The number of aryl methyl sites for hydroxylation is 2. The smallest absolute Gasteiger partial charge is 0.144 e. The fourth-order valence-electron chi connectivity index (χ4n) is 5.94. The number of hydrogen-bond donors (Lipinski definition) is 0. The molecule has 38 heavy (non-hydrogen) atoms. The Labute approximate surface area is 235 Å². The van der Waals surface area contributed by atoms with Gasteiger partial charge in [0.05, 0.1) is 5.69 Å². The fourth-order valence-corrected chi connectivity index (χ4v) is 5.94. The van der Waals surface area contributed by atoms with E-state index in [1.165, 1.54) is 6.20 Å². The highest BCUT2D eigenvalue weighted by Gasteiger charge is 2.28. The van der Waals surface area contributed by atoms with E-state index in [-0.39, 0.29) is 16.5 Å². The van der Waals surface area contributed by atoms with Crippen LogP contribution in [-0.4, -0.2) is 4.98 Å². The number of nitrogens with zero attached hydrogens (tertiary/aromatic N) is 1. The molecule has 1 saturated carbocycles. The molecule has 0 spiro atoms. The molecule has 6 rings (SSSR count). The summed E-state index contributed by atoms with van der Waals surface area (Å²) in [7, 11) is 0. The van der Waals surface area contributed by atoms with Gasteiger partial charge in [-0.2, -0.15) is 0 Å². The standard InChI is InChI=1S/C36H41NO/c1-22-17-26-18-25(24-13-15-36(6,7)16-14-24)11-12-28(26)34-32(22)30-10-8-9-29(33(30)38-34)31-19-27(20-35(3,4)5)23(2)21-37-31/h8-12,17-19,21,24H,13-16,20H2,1-7H3/i2D3,20D2,24D. The lowest BCUT2D eigenvalue weighted by Gasteiger charge is -2.34. The second kappa shape index (κ2) is 8.97. The van der Waals surface area contributed by atoms with Crippen molar-refractivity contribution in [3.05, 3.63) is 77.0 Å². The van der Waals surface area contributed by atoms with Gasteiger partial charge < -0.3 is 4.42 Å². The van der Waals surface area contributed by atoms with Crippen molar-refractivity contribution in [2.75, 3.05) is 0 Å². The fraction of sp³-hybridized carbons (Fsp3) is 0.417. The number of rotatable bonds is 3. The van der Waals surface area contributed by atoms with Gasteiger partial charge in [-0.1, -0.05) is 71.0 Å². The number of fused-ring (bicyclic) bond motifs is 5. The summed E-state index contributed by atoms with van der Waals surface area (Å²) in [6.07, 6.45) is 3.16. The van der Waals surface area contributed by atoms with Crippen LogP contribution in [-0.2, 0) is 6.37 Å². The van der Waals surface area contributed by atoms with Gasteiger partial charge in [0.1, 0.15) is 11.2 Å². The highest BCUT2D eigenvalue weighted by Crippen LogP contribution is 2.44. The average Bonchev–Trinajstić information content (AvgIpc) is 3.34. The highest BCUT2D eigenvalue weighted by atomic mass is 16.3. The molecule has 2 aromatic heterocycles. The summed E-state index contributed by atoms with van der Waals surface area (Å²) in [4.78, 5) is 4.55. The van der Waals surface area contributed by atoms with Gasteiger partial charge in [0.15, 0.2) is 0 Å². The monoisotopic (exact) mass is 509 g/mol. The minimum atomic E-state index is -2.51. The second-order valence-electron chi connectivity index (χ2n) is 12.9. The van der Waals surface area contributed by atoms with Crippen LogP contribution in [0.15, 0.2) is 59.1 Å². The molecule has 0 atom stereocenters. The molecule has 196 valence electrons. The Morgan fingerprint density at radius 2 is 1.82 bits per heavy atom. The van der Waals surface area contributed by atoms with Crippen molar-refractivity contribution in [3.63, 3.8) is 0 Å². The molecule has 0 bridgehead atoms. The van der Waals surface area contributed by atoms with Crippen LogP contribution in [0.1, 0.15) is 96.7 Å². The zero-order chi connectivity index (χ0) is 32.0. The summed E-state index contributed by atoms with van der Waals surface area (Å²) < 4.78 is 58.1. The van der Waals surface area contributed by atoms with Crippen molar-refractivity contribution in [2.45, 2.75) is 86.3 Å². The Bertz CT molecular complexity index is 1920. The Balaban J connectivity index is 1.53. The molecule has 2 heteroatoms. The first kappa shape index (κ1) is 19.0. The van der Waals surface area contributed by atoms with Crippen molar-refractivity contribution in [1.82, 2.24) is 4.98 Å². The van der Waals surface area contributed by atoms with E-state index in [2.05, 4.69) is 50.0 Å². The van der Waals surface area contributed by atoms with Crippen LogP contribution in [0, 0.1) is 24.6 Å². The lowest BCUT2D eigenvalue weighted by Crippen LogP contribution is -2.20. The Hall–Kier alpha value is -3.13. The first-order valence-electron chi connectivity index (χ1n) is 16.7. The molecule has 2 nitrogen and oxygen atoms in total. The molecule has 1 fully saturated rings. The maximum atomic E-state index is 9.30. The number of benzene rings is 3. The van der Waals surface area contributed by atoms with E-state index in [1.807, 2.05) is 18.2 Å². The second-order valence-corrected chi connectivity index (χ2v) is 12.9. The Morgan fingerprint density at radius 1 is 1.03 bits per heavy atom. The lowest BCUT2D eigenvalue weighted by atomic mass is 9.71. The molecule has 3 aromatic carbocycles. The van der Waals surface area contributed by atoms with E-state index in [0.717, 1.165) is 63.9 Å². The van der Waals surface area contributed by atoms with E-state index in [0.29, 0.717) is 16.8 Å². The SMILES string of the molecule is [2H]C([2H])([2H])c1cnc(-c2cccc3c2oc2c4ccc(C5([2H])CCC(C)(C)CC5)cc4cc(C)c32)cc1C([2H])([2H])C(C)(C)C. The molecule has 0 unspecified atom stereocenters. The van der Waals surface area contributed by atoms with Gasteiger partial charge in [0.2, 0.25) is 0 Å². The van der Waals surface area contributed by atoms with Crippen molar-refractivity contribution in [1.29, 1.82) is 0 Å². The van der Waals surface area contributed by atoms with E-state index in [9.17, 15) is 1.37 Å². The van der Waals surface area contributed by atoms with Crippen LogP contribution in [0.2, 0.25) is 0 Å². The zero-order valence-corrected chi connectivity index (χ0v) is 23.4. The summed E-state index contributed by atoms with van der Waals surface area (Å²) in [5.74, 6) is -0.587. The summed E-state index contributed by atoms with van der Waals surface area (Å²) in [6, 6.07) is 16.0. The molecule has 0 saturated heterocycles. The lowest BCUT2D eigenvalue weighted by molar-refractivity contribution is 0.224. The summed E-state index contributed by atoms with van der Waals surface area (Å²) >= 11 is 0. The maximum absolute atomic E-state index is 9.30. The topological polar surface area (TPSA) is 26.0 Å².